The van der Waals surface area contributed by atoms with Crippen LogP contribution in [0, 0.1) is 5.82 Å². The molecule has 3 N–H and O–H groups in total. The lowest BCUT2D eigenvalue weighted by molar-refractivity contribution is -0.420. The lowest BCUT2D eigenvalue weighted by Gasteiger charge is -1.99. The van der Waals surface area contributed by atoms with E-state index >= 15 is 0 Å². The number of hydrogen-bond acceptors (Lipinski definition) is 0. The highest BCUT2D eigenvalue weighted by Gasteiger charge is 2.00. The van der Waals surface area contributed by atoms with Gasteiger partial charge in [-0.05, 0) is 19.1 Å². The molecule has 1 aromatic carbocycles. The predicted molar refractivity (Wildman–Crippen MR) is 37.7 cm³/mol. The molecule has 0 bridgehead atoms. The molecule has 10 heavy (non-hydrogen) atoms. The van der Waals surface area contributed by atoms with Gasteiger partial charge in [0.1, 0.15) is 11.9 Å². The molecule has 0 fully saturated rings. The second-order valence-electron chi connectivity index (χ2n) is 2.45. The van der Waals surface area contributed by atoms with Gasteiger partial charge in [-0.3, -0.25) is 0 Å². The Morgan fingerprint density at radius 1 is 1.30 bits per heavy atom. The summed E-state index contributed by atoms with van der Waals surface area (Å²) in [7, 11) is 0. The van der Waals surface area contributed by atoms with E-state index in [4.69, 9.17) is 0 Å². The Morgan fingerprint density at radius 3 is 2.20 bits per heavy atom. The van der Waals surface area contributed by atoms with Crippen molar-refractivity contribution in [3.8, 4) is 0 Å². The zero-order valence-corrected chi connectivity index (χ0v) is 5.97. The summed E-state index contributed by atoms with van der Waals surface area (Å²) < 4.78 is 12.3. The van der Waals surface area contributed by atoms with E-state index in [-0.39, 0.29) is 11.9 Å². The van der Waals surface area contributed by atoms with Gasteiger partial charge in [-0.2, -0.15) is 0 Å². The first-order valence-corrected chi connectivity index (χ1v) is 3.28. The van der Waals surface area contributed by atoms with Crippen LogP contribution in [-0.4, -0.2) is 0 Å². The largest absolute Gasteiger partial charge is 0.352 e. The van der Waals surface area contributed by atoms with Gasteiger partial charge >= 0.3 is 0 Å². The highest BCUT2D eigenvalue weighted by Crippen LogP contribution is 2.07. The van der Waals surface area contributed by atoms with E-state index < -0.39 is 0 Å². The monoisotopic (exact) mass is 140 g/mol. The summed E-state index contributed by atoms with van der Waals surface area (Å²) >= 11 is 0. The van der Waals surface area contributed by atoms with Crippen molar-refractivity contribution in [2.45, 2.75) is 13.0 Å². The molecule has 0 unspecified atom stereocenters. The van der Waals surface area contributed by atoms with Crippen LogP contribution in [0.5, 0.6) is 0 Å². The van der Waals surface area contributed by atoms with Crippen molar-refractivity contribution in [1.29, 1.82) is 0 Å². The topological polar surface area (TPSA) is 27.6 Å². The Bertz CT molecular complexity index is 203. The molecule has 0 spiro atoms. The second-order valence-corrected chi connectivity index (χ2v) is 2.45. The molecule has 0 aliphatic carbocycles. The van der Waals surface area contributed by atoms with Crippen molar-refractivity contribution in [3.63, 3.8) is 0 Å². The Balaban J connectivity index is 2.89. The van der Waals surface area contributed by atoms with E-state index in [1.54, 1.807) is 12.1 Å². The minimum Gasteiger partial charge on any atom is -0.352 e. The fourth-order valence-electron chi connectivity index (χ4n) is 0.791. The first-order chi connectivity index (χ1) is 4.70. The average molecular weight is 140 g/mol. The van der Waals surface area contributed by atoms with E-state index in [2.05, 4.69) is 5.73 Å². The number of quaternary nitrogens is 1. The fourth-order valence-corrected chi connectivity index (χ4v) is 0.791. The van der Waals surface area contributed by atoms with Crippen LogP contribution in [0.3, 0.4) is 0 Å². The van der Waals surface area contributed by atoms with Crippen LogP contribution in [0.25, 0.3) is 0 Å². The molecule has 0 aromatic heterocycles. The van der Waals surface area contributed by atoms with Crippen LogP contribution >= 0.6 is 0 Å². The number of halogens is 1. The van der Waals surface area contributed by atoms with Crippen molar-refractivity contribution in [2.75, 3.05) is 0 Å². The molecule has 54 valence electrons. The molecule has 0 amide bonds. The molecule has 0 saturated carbocycles. The third kappa shape index (κ3) is 1.54. The Hall–Kier alpha value is -0.890. The van der Waals surface area contributed by atoms with Crippen LogP contribution in [0.15, 0.2) is 24.3 Å². The van der Waals surface area contributed by atoms with Crippen LogP contribution in [0.4, 0.5) is 4.39 Å². The minimum absolute atomic E-state index is 0.190. The molecule has 1 aromatic rings. The third-order valence-electron chi connectivity index (χ3n) is 1.44. The predicted octanol–water partition coefficient (Wildman–Crippen LogP) is 1.13. The highest BCUT2D eigenvalue weighted by molar-refractivity contribution is 5.17. The molecular weight excluding hydrogens is 129 g/mol. The van der Waals surface area contributed by atoms with E-state index in [1.165, 1.54) is 12.1 Å². The van der Waals surface area contributed by atoms with E-state index in [0.29, 0.717) is 0 Å². The van der Waals surface area contributed by atoms with E-state index in [1.807, 2.05) is 6.92 Å². The first-order valence-electron chi connectivity index (χ1n) is 3.28. The van der Waals surface area contributed by atoms with Crippen LogP contribution in [0.2, 0.25) is 0 Å². The van der Waals surface area contributed by atoms with Gasteiger partial charge in [-0.1, -0.05) is 12.1 Å². The maximum Gasteiger partial charge on any atom is 0.123 e. The molecule has 0 aliphatic heterocycles. The zero-order valence-electron chi connectivity index (χ0n) is 5.97. The molecular formula is C8H11FN+. The van der Waals surface area contributed by atoms with Gasteiger partial charge in [0.2, 0.25) is 0 Å². The summed E-state index contributed by atoms with van der Waals surface area (Å²) in [6, 6.07) is 6.66. The SMILES string of the molecule is C[C@@H]([NH3+])c1ccc(F)cc1. The van der Waals surface area contributed by atoms with Crippen LogP contribution in [0.1, 0.15) is 18.5 Å². The first kappa shape index (κ1) is 7.22. The minimum atomic E-state index is -0.190. The summed E-state index contributed by atoms with van der Waals surface area (Å²) in [5.41, 5.74) is 4.89. The molecule has 1 rings (SSSR count). The molecule has 1 nitrogen and oxygen atoms in total. The van der Waals surface area contributed by atoms with Crippen molar-refractivity contribution in [1.82, 2.24) is 0 Å². The third-order valence-corrected chi connectivity index (χ3v) is 1.44. The Morgan fingerprint density at radius 2 is 1.80 bits per heavy atom. The van der Waals surface area contributed by atoms with Crippen LogP contribution in [-0.2, 0) is 0 Å². The van der Waals surface area contributed by atoms with Gasteiger partial charge in [0.05, 0.1) is 0 Å². The maximum atomic E-state index is 12.3. The smallest absolute Gasteiger partial charge is 0.123 e. The van der Waals surface area contributed by atoms with Gasteiger partial charge < -0.3 is 5.73 Å². The normalized spacial score (nSPS) is 13.1. The van der Waals surface area contributed by atoms with Gasteiger partial charge in [-0.15, -0.1) is 0 Å². The maximum absolute atomic E-state index is 12.3. The van der Waals surface area contributed by atoms with Crippen molar-refractivity contribution in [2.24, 2.45) is 0 Å². The van der Waals surface area contributed by atoms with Gasteiger partial charge in [0.15, 0.2) is 0 Å². The quantitative estimate of drug-likeness (QED) is 0.605. The zero-order chi connectivity index (χ0) is 7.56. The number of hydrogen-bond donors (Lipinski definition) is 1. The molecule has 1 atom stereocenters. The number of benzene rings is 1. The summed E-state index contributed by atoms with van der Waals surface area (Å²) in [4.78, 5) is 0. The summed E-state index contributed by atoms with van der Waals surface area (Å²) in [5, 5.41) is 0. The molecule has 0 saturated heterocycles. The summed E-state index contributed by atoms with van der Waals surface area (Å²) in [5.74, 6) is -0.190. The van der Waals surface area contributed by atoms with E-state index in [0.717, 1.165) is 5.56 Å². The van der Waals surface area contributed by atoms with Crippen molar-refractivity contribution < 1.29 is 10.1 Å². The summed E-state index contributed by atoms with van der Waals surface area (Å²) in [6.45, 7) is 1.98. The standard InChI is InChI=1S/C8H10FN/c1-6(10)7-2-4-8(9)5-3-7/h2-6H,10H2,1H3/p+1/t6-/m1/s1. The fraction of sp³-hybridized carbons (Fsp3) is 0.250. The van der Waals surface area contributed by atoms with Crippen molar-refractivity contribution in [3.05, 3.63) is 35.6 Å². The Kier molecular flexibility index (Phi) is 2.02. The average Bonchev–Trinajstić information content (AvgIpc) is 1.88. The lowest BCUT2D eigenvalue weighted by Crippen LogP contribution is -2.51. The van der Waals surface area contributed by atoms with Crippen LogP contribution < -0.4 is 5.73 Å². The molecule has 0 aliphatic rings. The molecule has 2 heteroatoms. The molecule has 0 radical (unpaired) electrons. The second kappa shape index (κ2) is 2.80. The van der Waals surface area contributed by atoms with Gasteiger partial charge in [0, 0.05) is 5.56 Å². The molecule has 0 heterocycles. The van der Waals surface area contributed by atoms with Crippen molar-refractivity contribution >= 4 is 0 Å². The Labute approximate surface area is 59.7 Å². The summed E-state index contributed by atoms with van der Waals surface area (Å²) in [6.07, 6.45) is 0. The van der Waals surface area contributed by atoms with Gasteiger partial charge in [0.25, 0.3) is 0 Å². The number of rotatable bonds is 1. The van der Waals surface area contributed by atoms with Gasteiger partial charge in [-0.25, -0.2) is 4.39 Å². The van der Waals surface area contributed by atoms with E-state index in [9.17, 15) is 4.39 Å². The highest BCUT2D eigenvalue weighted by atomic mass is 19.1. The lowest BCUT2D eigenvalue weighted by atomic mass is 10.1.